The van der Waals surface area contributed by atoms with Gasteiger partial charge in [-0.2, -0.15) is 4.68 Å². The van der Waals surface area contributed by atoms with E-state index in [2.05, 4.69) is 57.9 Å². The minimum atomic E-state index is -0.212. The fourth-order valence-corrected chi connectivity index (χ4v) is 4.40. The van der Waals surface area contributed by atoms with Crippen LogP contribution in [-0.4, -0.2) is 38.2 Å². The van der Waals surface area contributed by atoms with E-state index in [1.54, 1.807) is 36.9 Å². The van der Waals surface area contributed by atoms with Crippen LogP contribution < -0.4 is 10.1 Å². The van der Waals surface area contributed by atoms with Crippen LogP contribution in [-0.2, 0) is 0 Å². The first-order chi connectivity index (χ1) is 14.9. The van der Waals surface area contributed by atoms with E-state index >= 15 is 0 Å². The molecule has 1 N–H and O–H groups in total. The molecule has 0 saturated carbocycles. The topological polar surface area (TPSA) is 94.8 Å². The van der Waals surface area contributed by atoms with E-state index in [0.29, 0.717) is 33.5 Å². The van der Waals surface area contributed by atoms with Gasteiger partial charge in [-0.3, -0.25) is 4.79 Å². The predicted molar refractivity (Wildman–Crippen MR) is 120 cm³/mol. The van der Waals surface area contributed by atoms with Gasteiger partial charge in [0.15, 0.2) is 5.82 Å². The van der Waals surface area contributed by atoms with Crippen molar-refractivity contribution in [1.29, 1.82) is 0 Å². The first-order valence-electron chi connectivity index (χ1n) is 9.67. The smallest absolute Gasteiger partial charge is 0.267 e. The van der Waals surface area contributed by atoms with Crippen molar-refractivity contribution in [3.63, 3.8) is 0 Å². The molecule has 0 unspecified atom stereocenters. The second kappa shape index (κ2) is 8.27. The van der Waals surface area contributed by atoms with Crippen molar-refractivity contribution in [3.05, 3.63) is 63.9 Å². The maximum Gasteiger partial charge on any atom is 0.267 e. The Bertz CT molecular complexity index is 1280. The molecule has 0 bridgehead atoms. The minimum Gasteiger partial charge on any atom is -0.494 e. The number of amides is 1. The lowest BCUT2D eigenvalue weighted by Crippen LogP contribution is -2.12. The Hall–Kier alpha value is -3.59. The molecule has 158 valence electrons. The monoisotopic (exact) mass is 434 g/mol. The van der Waals surface area contributed by atoms with Gasteiger partial charge in [-0.15, -0.1) is 16.4 Å². The minimum absolute atomic E-state index is 0.212. The van der Waals surface area contributed by atoms with Crippen LogP contribution in [0.2, 0.25) is 0 Å². The number of anilines is 1. The highest BCUT2D eigenvalue weighted by Gasteiger charge is 2.19. The van der Waals surface area contributed by atoms with Crippen molar-refractivity contribution < 1.29 is 9.53 Å². The number of nitrogens with one attached hydrogen (secondary N) is 1. The SMILES string of the molecule is COc1ccc(NC(=O)c2sc(-c3ccc(C)cc3C)nc2C)cc1-n1nnnc1C. The summed E-state index contributed by atoms with van der Waals surface area (Å²) in [4.78, 5) is 18.2. The van der Waals surface area contributed by atoms with Crippen molar-refractivity contribution in [2.45, 2.75) is 27.7 Å². The van der Waals surface area contributed by atoms with Crippen LogP contribution in [0.1, 0.15) is 32.3 Å². The quantitative estimate of drug-likeness (QED) is 0.504. The number of nitrogens with zero attached hydrogens (tertiary/aromatic N) is 5. The van der Waals surface area contributed by atoms with E-state index < -0.39 is 0 Å². The molecule has 31 heavy (non-hydrogen) atoms. The Kier molecular flexibility index (Phi) is 5.51. The van der Waals surface area contributed by atoms with Gasteiger partial charge < -0.3 is 10.1 Å². The van der Waals surface area contributed by atoms with Crippen LogP contribution in [0.4, 0.5) is 5.69 Å². The predicted octanol–water partition coefficient (Wildman–Crippen LogP) is 4.28. The zero-order chi connectivity index (χ0) is 22.1. The molecule has 0 aliphatic carbocycles. The highest BCUT2D eigenvalue weighted by molar-refractivity contribution is 7.17. The molecular weight excluding hydrogens is 412 g/mol. The van der Waals surface area contributed by atoms with E-state index in [4.69, 9.17) is 4.74 Å². The molecule has 2 aromatic heterocycles. The average molecular weight is 435 g/mol. The van der Waals surface area contributed by atoms with Crippen molar-refractivity contribution >= 4 is 22.9 Å². The summed E-state index contributed by atoms with van der Waals surface area (Å²) in [5.74, 6) is 0.994. The number of tetrazole rings is 1. The van der Waals surface area contributed by atoms with Crippen LogP contribution in [0.5, 0.6) is 5.75 Å². The number of methoxy groups -OCH3 is 1. The van der Waals surface area contributed by atoms with Gasteiger partial charge in [0.25, 0.3) is 5.91 Å². The Labute approximate surface area is 183 Å². The molecule has 2 heterocycles. The van der Waals surface area contributed by atoms with Crippen molar-refractivity contribution in [3.8, 4) is 22.0 Å². The van der Waals surface area contributed by atoms with Gasteiger partial charge in [0.1, 0.15) is 21.3 Å². The lowest BCUT2D eigenvalue weighted by atomic mass is 10.1. The van der Waals surface area contributed by atoms with Gasteiger partial charge in [-0.25, -0.2) is 4.98 Å². The van der Waals surface area contributed by atoms with Crippen LogP contribution in [0.15, 0.2) is 36.4 Å². The van der Waals surface area contributed by atoms with Crippen LogP contribution in [0, 0.1) is 27.7 Å². The number of ether oxygens (including phenoxy) is 1. The molecular formula is C22H22N6O2S. The van der Waals surface area contributed by atoms with Gasteiger partial charge >= 0.3 is 0 Å². The van der Waals surface area contributed by atoms with Crippen LogP contribution in [0.25, 0.3) is 16.3 Å². The van der Waals surface area contributed by atoms with Crippen molar-refractivity contribution in [1.82, 2.24) is 25.2 Å². The molecule has 4 rings (SSSR count). The van der Waals surface area contributed by atoms with E-state index in [0.717, 1.165) is 16.1 Å². The lowest BCUT2D eigenvalue weighted by Gasteiger charge is -2.11. The van der Waals surface area contributed by atoms with Gasteiger partial charge in [-0.1, -0.05) is 23.8 Å². The maximum absolute atomic E-state index is 13.0. The largest absolute Gasteiger partial charge is 0.494 e. The fraction of sp³-hybridized carbons (Fsp3) is 0.227. The molecule has 0 aliphatic rings. The molecule has 4 aromatic rings. The second-order valence-electron chi connectivity index (χ2n) is 7.23. The molecule has 2 aromatic carbocycles. The molecule has 0 aliphatic heterocycles. The zero-order valence-electron chi connectivity index (χ0n) is 17.9. The molecule has 0 saturated heterocycles. The Morgan fingerprint density at radius 2 is 1.90 bits per heavy atom. The van der Waals surface area contributed by atoms with Crippen molar-refractivity contribution in [2.75, 3.05) is 12.4 Å². The first-order valence-corrected chi connectivity index (χ1v) is 10.5. The first kappa shape index (κ1) is 20.7. The summed E-state index contributed by atoms with van der Waals surface area (Å²) in [6, 6.07) is 11.6. The Balaban J connectivity index is 1.63. The number of thiazole rings is 1. The number of hydrogen-bond acceptors (Lipinski definition) is 7. The molecule has 0 atom stereocenters. The third-order valence-corrected chi connectivity index (χ3v) is 6.09. The third-order valence-electron chi connectivity index (χ3n) is 4.91. The summed E-state index contributed by atoms with van der Waals surface area (Å²) in [6.45, 7) is 7.75. The zero-order valence-corrected chi connectivity index (χ0v) is 18.7. The maximum atomic E-state index is 13.0. The Morgan fingerprint density at radius 1 is 1.10 bits per heavy atom. The number of aromatic nitrogens is 5. The van der Waals surface area contributed by atoms with Crippen LogP contribution >= 0.6 is 11.3 Å². The van der Waals surface area contributed by atoms with E-state index in [-0.39, 0.29) is 5.91 Å². The summed E-state index contributed by atoms with van der Waals surface area (Å²) in [5.41, 5.74) is 5.32. The number of rotatable bonds is 5. The summed E-state index contributed by atoms with van der Waals surface area (Å²) < 4.78 is 6.98. The molecule has 1 amide bonds. The van der Waals surface area contributed by atoms with E-state index in [1.807, 2.05) is 6.92 Å². The highest BCUT2D eigenvalue weighted by atomic mass is 32.1. The Morgan fingerprint density at radius 3 is 2.58 bits per heavy atom. The molecule has 0 radical (unpaired) electrons. The summed E-state index contributed by atoms with van der Waals surface area (Å²) >= 11 is 1.39. The summed E-state index contributed by atoms with van der Waals surface area (Å²) in [6.07, 6.45) is 0. The summed E-state index contributed by atoms with van der Waals surface area (Å²) in [7, 11) is 1.58. The van der Waals surface area contributed by atoms with Gasteiger partial charge in [0.2, 0.25) is 0 Å². The third kappa shape index (κ3) is 4.04. The molecule has 0 spiro atoms. The molecule has 0 fully saturated rings. The van der Waals surface area contributed by atoms with Gasteiger partial charge in [0.05, 0.1) is 12.8 Å². The number of benzene rings is 2. The number of aryl methyl sites for hydroxylation is 4. The molecule has 9 heteroatoms. The molecule has 8 nitrogen and oxygen atoms in total. The van der Waals surface area contributed by atoms with Gasteiger partial charge in [-0.05, 0) is 61.9 Å². The lowest BCUT2D eigenvalue weighted by molar-refractivity contribution is 0.103. The second-order valence-corrected chi connectivity index (χ2v) is 8.23. The summed E-state index contributed by atoms with van der Waals surface area (Å²) in [5, 5.41) is 15.4. The number of carbonyl (C=O) groups excluding carboxylic acids is 1. The van der Waals surface area contributed by atoms with E-state index in [9.17, 15) is 4.79 Å². The van der Waals surface area contributed by atoms with E-state index in [1.165, 1.54) is 16.9 Å². The number of hydrogen-bond donors (Lipinski definition) is 1. The standard InChI is InChI=1S/C22H22N6O2S/c1-12-6-8-17(13(2)10-12)22-23-14(3)20(31-22)21(29)24-16-7-9-19(30-5)18(11-16)28-15(4)25-26-27-28/h6-11H,1-5H3,(H,24,29). The van der Waals surface area contributed by atoms with Crippen LogP contribution in [0.3, 0.4) is 0 Å². The number of carbonyl (C=O) groups is 1. The van der Waals surface area contributed by atoms with Gasteiger partial charge in [0, 0.05) is 11.3 Å². The average Bonchev–Trinajstić information content (AvgIpc) is 3.33. The van der Waals surface area contributed by atoms with Crippen molar-refractivity contribution in [2.24, 2.45) is 0 Å². The normalized spacial score (nSPS) is 10.9. The highest BCUT2D eigenvalue weighted by Crippen LogP contribution is 2.32. The fourth-order valence-electron chi connectivity index (χ4n) is 3.35.